The maximum absolute atomic E-state index is 12.2. The van der Waals surface area contributed by atoms with Crippen LogP contribution in [0.1, 0.15) is 31.7 Å². The molecular weight excluding hydrogens is 360 g/mol. The molecule has 0 spiro atoms. The predicted octanol–water partition coefficient (Wildman–Crippen LogP) is 2.04. The van der Waals surface area contributed by atoms with E-state index in [-0.39, 0.29) is 35.9 Å². The number of hydrogen-bond acceptors (Lipinski definition) is 4. The fourth-order valence-electron chi connectivity index (χ4n) is 3.17. The van der Waals surface area contributed by atoms with Crippen LogP contribution in [-0.2, 0) is 21.1 Å². The minimum atomic E-state index is -3.35. The molecule has 0 aromatic heterocycles. The van der Waals surface area contributed by atoms with Gasteiger partial charge in [0.1, 0.15) is 5.75 Å². The summed E-state index contributed by atoms with van der Waals surface area (Å²) in [7, 11) is -3.35. The number of carbonyl (C=O) groups excluding carboxylic acids is 1. The Morgan fingerprint density at radius 3 is 2.40 bits per heavy atom. The van der Waals surface area contributed by atoms with Crippen LogP contribution in [0.2, 0.25) is 0 Å². The van der Waals surface area contributed by atoms with Gasteiger partial charge >= 0.3 is 0 Å². The number of nitrogens with two attached hydrogens (primary N) is 1. The third-order valence-electron chi connectivity index (χ3n) is 4.74. The number of aryl methyl sites for hydroxylation is 1. The Balaban J connectivity index is 0.00000312. The van der Waals surface area contributed by atoms with E-state index in [1.165, 1.54) is 0 Å². The largest absolute Gasteiger partial charge is 0.342 e. The van der Waals surface area contributed by atoms with E-state index < -0.39 is 9.84 Å². The molecule has 1 aromatic carbocycles. The molecule has 1 unspecified atom stereocenters. The van der Waals surface area contributed by atoms with E-state index in [9.17, 15) is 13.2 Å². The highest BCUT2D eigenvalue weighted by Crippen LogP contribution is 2.19. The number of rotatable bonds is 7. The number of hydrogen-bond donors (Lipinski definition) is 1. The summed E-state index contributed by atoms with van der Waals surface area (Å²) in [5, 5.41) is 0. The maximum atomic E-state index is 12.2. The molecule has 1 aromatic rings. The van der Waals surface area contributed by atoms with Gasteiger partial charge in [0.25, 0.3) is 0 Å². The molecule has 1 atom stereocenters. The smallest absolute Gasteiger partial charge is 0.237 e. The summed E-state index contributed by atoms with van der Waals surface area (Å²) in [6.07, 6.45) is 2.98. The van der Waals surface area contributed by atoms with Crippen LogP contribution in [0.25, 0.3) is 0 Å². The maximum Gasteiger partial charge on any atom is 0.237 e. The van der Waals surface area contributed by atoms with Crippen molar-refractivity contribution in [2.75, 3.05) is 24.6 Å². The second kappa shape index (κ2) is 10.1. The molecule has 1 heterocycles. The Labute approximate surface area is 157 Å². The number of benzene rings is 1. The zero-order valence-corrected chi connectivity index (χ0v) is 16.4. The van der Waals surface area contributed by atoms with Crippen molar-refractivity contribution in [2.24, 2.45) is 11.7 Å². The van der Waals surface area contributed by atoms with Crippen LogP contribution in [0.4, 0.5) is 0 Å². The monoisotopic (exact) mass is 388 g/mol. The SMILES string of the molecule is CC(N)C1CCN(C(=O)CS(=O)(=O)CCCc2ccccc2)CC1.Cl. The first-order valence-electron chi connectivity index (χ1n) is 8.65. The summed E-state index contributed by atoms with van der Waals surface area (Å²) in [6.45, 7) is 3.22. The Hall–Kier alpha value is -1.11. The van der Waals surface area contributed by atoms with Crippen molar-refractivity contribution in [3.8, 4) is 0 Å². The second-order valence-electron chi connectivity index (χ2n) is 6.76. The lowest BCUT2D eigenvalue weighted by Gasteiger charge is -2.33. The van der Waals surface area contributed by atoms with Gasteiger partial charge in [0.15, 0.2) is 9.84 Å². The van der Waals surface area contributed by atoms with Gasteiger partial charge < -0.3 is 10.6 Å². The highest BCUT2D eigenvalue weighted by Gasteiger charge is 2.27. The number of likely N-dealkylation sites (tertiary alicyclic amines) is 1. The summed E-state index contributed by atoms with van der Waals surface area (Å²) in [5.41, 5.74) is 7.02. The summed E-state index contributed by atoms with van der Waals surface area (Å²) in [5.74, 6) is -0.149. The van der Waals surface area contributed by atoms with Crippen LogP contribution in [-0.4, -0.2) is 49.9 Å². The molecule has 0 bridgehead atoms. The Kier molecular flexibility index (Phi) is 8.89. The van der Waals surface area contributed by atoms with E-state index in [0.29, 0.717) is 31.8 Å². The van der Waals surface area contributed by atoms with Crippen molar-refractivity contribution >= 4 is 28.2 Å². The van der Waals surface area contributed by atoms with Crippen molar-refractivity contribution in [1.29, 1.82) is 0 Å². The molecule has 1 aliphatic rings. The molecule has 5 nitrogen and oxygen atoms in total. The van der Waals surface area contributed by atoms with E-state index in [2.05, 4.69) is 0 Å². The van der Waals surface area contributed by atoms with E-state index >= 15 is 0 Å². The highest BCUT2D eigenvalue weighted by molar-refractivity contribution is 7.92. The number of piperidine rings is 1. The molecule has 7 heteroatoms. The van der Waals surface area contributed by atoms with Gasteiger partial charge in [-0.25, -0.2) is 8.42 Å². The lowest BCUT2D eigenvalue weighted by molar-refractivity contribution is -0.129. The molecule has 0 aliphatic carbocycles. The minimum absolute atomic E-state index is 0. The van der Waals surface area contributed by atoms with Crippen molar-refractivity contribution in [1.82, 2.24) is 4.90 Å². The molecule has 1 aliphatic heterocycles. The molecule has 1 fully saturated rings. The molecular formula is C18H29ClN2O3S. The summed E-state index contributed by atoms with van der Waals surface area (Å²) >= 11 is 0. The minimum Gasteiger partial charge on any atom is -0.342 e. The van der Waals surface area contributed by atoms with E-state index in [4.69, 9.17) is 5.73 Å². The van der Waals surface area contributed by atoms with Crippen LogP contribution in [0.15, 0.2) is 30.3 Å². The quantitative estimate of drug-likeness (QED) is 0.775. The van der Waals surface area contributed by atoms with Gasteiger partial charge in [0, 0.05) is 19.1 Å². The van der Waals surface area contributed by atoms with Gasteiger partial charge in [-0.2, -0.15) is 0 Å². The summed E-state index contributed by atoms with van der Waals surface area (Å²) < 4.78 is 24.4. The normalized spacial score (nSPS) is 17.0. The molecule has 25 heavy (non-hydrogen) atoms. The number of nitrogens with zero attached hydrogens (tertiary/aromatic N) is 1. The van der Waals surface area contributed by atoms with E-state index in [1.807, 2.05) is 37.3 Å². The molecule has 1 amide bonds. The topological polar surface area (TPSA) is 80.5 Å². The Morgan fingerprint density at radius 1 is 1.24 bits per heavy atom. The van der Waals surface area contributed by atoms with Gasteiger partial charge in [0.2, 0.25) is 5.91 Å². The first-order chi connectivity index (χ1) is 11.4. The molecule has 0 saturated carbocycles. The predicted molar refractivity (Wildman–Crippen MR) is 104 cm³/mol. The number of halogens is 1. The summed E-state index contributed by atoms with van der Waals surface area (Å²) in [6, 6.07) is 9.93. The molecule has 0 radical (unpaired) electrons. The zero-order chi connectivity index (χ0) is 17.6. The van der Waals surface area contributed by atoms with Crippen molar-refractivity contribution in [3.05, 3.63) is 35.9 Å². The third kappa shape index (κ3) is 7.34. The van der Waals surface area contributed by atoms with Crippen LogP contribution < -0.4 is 5.73 Å². The van der Waals surface area contributed by atoms with Crippen molar-refractivity contribution in [3.63, 3.8) is 0 Å². The standard InChI is InChI=1S/C18H28N2O3S.ClH/c1-15(19)17-9-11-20(12-10-17)18(21)14-24(22,23)13-5-8-16-6-3-2-4-7-16;/h2-4,6-7,15,17H,5,8-14,19H2,1H3;1H. The first kappa shape index (κ1) is 21.9. The fraction of sp³-hybridized carbons (Fsp3) is 0.611. The lowest BCUT2D eigenvalue weighted by Crippen LogP contribution is -2.44. The molecule has 2 N–H and O–H groups in total. The van der Waals surface area contributed by atoms with Crippen molar-refractivity contribution < 1.29 is 13.2 Å². The van der Waals surface area contributed by atoms with Crippen LogP contribution in [0.3, 0.4) is 0 Å². The Morgan fingerprint density at radius 2 is 1.84 bits per heavy atom. The van der Waals surface area contributed by atoms with Crippen molar-refractivity contribution in [2.45, 2.75) is 38.6 Å². The number of carbonyl (C=O) groups is 1. The van der Waals surface area contributed by atoms with Crippen LogP contribution >= 0.6 is 12.4 Å². The van der Waals surface area contributed by atoms with Crippen LogP contribution in [0, 0.1) is 5.92 Å². The highest BCUT2D eigenvalue weighted by atomic mass is 35.5. The zero-order valence-electron chi connectivity index (χ0n) is 14.8. The first-order valence-corrected chi connectivity index (χ1v) is 10.5. The average Bonchev–Trinajstić information content (AvgIpc) is 2.55. The Bertz CT molecular complexity index is 627. The third-order valence-corrected chi connectivity index (χ3v) is 6.34. The van der Waals surface area contributed by atoms with Crippen LogP contribution in [0.5, 0.6) is 0 Å². The second-order valence-corrected chi connectivity index (χ2v) is 8.94. The average molecular weight is 389 g/mol. The van der Waals surface area contributed by atoms with Gasteiger partial charge in [-0.3, -0.25) is 4.79 Å². The number of sulfone groups is 1. The number of amides is 1. The molecule has 2 rings (SSSR count). The van der Waals surface area contributed by atoms with Gasteiger partial charge in [-0.05, 0) is 44.1 Å². The molecule has 1 saturated heterocycles. The fourth-order valence-corrected chi connectivity index (χ4v) is 4.45. The van der Waals surface area contributed by atoms with Gasteiger partial charge in [-0.15, -0.1) is 12.4 Å². The van der Waals surface area contributed by atoms with E-state index in [0.717, 1.165) is 18.4 Å². The lowest BCUT2D eigenvalue weighted by atomic mass is 9.91. The molecule has 142 valence electrons. The summed E-state index contributed by atoms with van der Waals surface area (Å²) in [4.78, 5) is 13.9. The van der Waals surface area contributed by atoms with Gasteiger partial charge in [-0.1, -0.05) is 30.3 Å². The van der Waals surface area contributed by atoms with E-state index in [1.54, 1.807) is 4.90 Å². The van der Waals surface area contributed by atoms with Gasteiger partial charge in [0.05, 0.1) is 5.75 Å².